The third kappa shape index (κ3) is 6.32. The molecular weight excluding hydrogens is 371 g/mol. The molecule has 0 spiro atoms. The summed E-state index contributed by atoms with van der Waals surface area (Å²) < 4.78 is 5.58. The molecule has 24 heavy (non-hydrogen) atoms. The predicted octanol–water partition coefficient (Wildman–Crippen LogP) is 4.03. The van der Waals surface area contributed by atoms with Crippen molar-refractivity contribution in [3.63, 3.8) is 0 Å². The lowest BCUT2D eigenvalue weighted by Gasteiger charge is -2.32. The summed E-state index contributed by atoms with van der Waals surface area (Å²) >= 11 is 12.0. The molecule has 4 nitrogen and oxygen atoms in total. The molecule has 1 aromatic carbocycles. The second-order valence-corrected chi connectivity index (χ2v) is 6.65. The molecule has 0 bridgehead atoms. The van der Waals surface area contributed by atoms with Gasteiger partial charge < -0.3 is 15.0 Å². The molecule has 136 valence electrons. The first kappa shape index (κ1) is 21.4. The van der Waals surface area contributed by atoms with Crippen LogP contribution in [-0.2, 0) is 4.79 Å². The fourth-order valence-corrected chi connectivity index (χ4v) is 3.17. The van der Waals surface area contributed by atoms with Gasteiger partial charge in [-0.15, -0.1) is 12.4 Å². The Morgan fingerprint density at radius 2 is 2.04 bits per heavy atom. The first-order valence-corrected chi connectivity index (χ1v) is 8.86. The number of ether oxygens (including phenoxy) is 1. The van der Waals surface area contributed by atoms with E-state index in [-0.39, 0.29) is 18.3 Å². The number of nitrogens with zero attached hydrogens (tertiary/aromatic N) is 1. The smallest absolute Gasteiger partial charge is 0.225 e. The molecule has 0 atom stereocenters. The molecule has 0 aromatic heterocycles. The van der Waals surface area contributed by atoms with Gasteiger partial charge in [-0.3, -0.25) is 4.79 Å². The number of piperidine rings is 1. The van der Waals surface area contributed by atoms with Crippen molar-refractivity contribution in [2.45, 2.75) is 25.7 Å². The maximum absolute atomic E-state index is 12.2. The van der Waals surface area contributed by atoms with Crippen LogP contribution in [0.3, 0.4) is 0 Å². The fraction of sp³-hybridized carbons (Fsp3) is 0.588. The topological polar surface area (TPSA) is 41.6 Å². The van der Waals surface area contributed by atoms with Crippen molar-refractivity contribution in [1.82, 2.24) is 10.2 Å². The molecular formula is C17H25Cl3N2O2. The Bertz CT molecular complexity index is 521. The number of likely N-dealkylation sites (tertiary alicyclic amines) is 1. The molecule has 0 aliphatic carbocycles. The summed E-state index contributed by atoms with van der Waals surface area (Å²) in [6, 6.07) is 5.24. The number of hydrogen-bond acceptors (Lipinski definition) is 3. The maximum Gasteiger partial charge on any atom is 0.225 e. The first-order chi connectivity index (χ1) is 11.1. The van der Waals surface area contributed by atoms with Crippen molar-refractivity contribution >= 4 is 41.5 Å². The van der Waals surface area contributed by atoms with Crippen molar-refractivity contribution in [3.05, 3.63) is 28.2 Å². The highest BCUT2D eigenvalue weighted by atomic mass is 35.5. The first-order valence-electron chi connectivity index (χ1n) is 8.11. The minimum atomic E-state index is 0. The highest BCUT2D eigenvalue weighted by Crippen LogP contribution is 2.31. The van der Waals surface area contributed by atoms with Gasteiger partial charge in [-0.1, -0.05) is 29.3 Å². The van der Waals surface area contributed by atoms with Crippen LogP contribution in [0.2, 0.25) is 10.0 Å². The molecule has 1 aliphatic rings. The highest BCUT2D eigenvalue weighted by molar-refractivity contribution is 6.42. The Balaban J connectivity index is 0.00000288. The number of nitrogens with one attached hydrogen (secondary N) is 1. The molecule has 0 unspecified atom stereocenters. The van der Waals surface area contributed by atoms with Gasteiger partial charge in [0.1, 0.15) is 10.8 Å². The number of carbonyl (C=O) groups is 1. The largest absolute Gasteiger partial charge is 0.491 e. The normalized spacial score (nSPS) is 15.0. The Morgan fingerprint density at radius 1 is 1.33 bits per heavy atom. The van der Waals surface area contributed by atoms with Gasteiger partial charge in [0.15, 0.2) is 0 Å². The monoisotopic (exact) mass is 394 g/mol. The van der Waals surface area contributed by atoms with Crippen LogP contribution in [0.1, 0.15) is 25.7 Å². The lowest BCUT2D eigenvalue weighted by atomic mass is 9.93. The molecule has 1 saturated heterocycles. The minimum absolute atomic E-state index is 0. The molecule has 1 aromatic rings. The minimum Gasteiger partial charge on any atom is -0.491 e. The van der Waals surface area contributed by atoms with Crippen LogP contribution in [0.15, 0.2) is 18.2 Å². The Morgan fingerprint density at radius 3 is 2.71 bits per heavy atom. The summed E-state index contributed by atoms with van der Waals surface area (Å²) in [5.41, 5.74) is 0. The van der Waals surface area contributed by atoms with Gasteiger partial charge in [0, 0.05) is 13.1 Å². The van der Waals surface area contributed by atoms with Crippen LogP contribution >= 0.6 is 35.6 Å². The van der Waals surface area contributed by atoms with E-state index in [1.54, 1.807) is 18.2 Å². The lowest BCUT2D eigenvalue weighted by Crippen LogP contribution is -2.39. The quantitative estimate of drug-likeness (QED) is 0.758. The number of amides is 1. The van der Waals surface area contributed by atoms with Crippen LogP contribution in [0.4, 0.5) is 0 Å². The van der Waals surface area contributed by atoms with Crippen molar-refractivity contribution < 1.29 is 9.53 Å². The fourth-order valence-electron chi connectivity index (χ4n) is 2.82. The molecule has 1 heterocycles. The Hall–Kier alpha value is -0.680. The third-order valence-corrected chi connectivity index (χ3v) is 5.06. The Labute approximate surface area is 160 Å². The highest BCUT2D eigenvalue weighted by Gasteiger charge is 2.22. The van der Waals surface area contributed by atoms with Gasteiger partial charge in [-0.05, 0) is 50.9 Å². The SMILES string of the molecule is CNCCC1CCN(C(=O)CCOc2cccc(Cl)c2Cl)CC1.Cl. The van der Waals surface area contributed by atoms with E-state index in [0.717, 1.165) is 38.4 Å². The zero-order valence-corrected chi connectivity index (χ0v) is 16.2. The third-order valence-electron chi connectivity index (χ3n) is 4.26. The average Bonchev–Trinajstić information content (AvgIpc) is 2.57. The summed E-state index contributed by atoms with van der Waals surface area (Å²) in [6.45, 7) is 3.07. The molecule has 1 amide bonds. The van der Waals surface area contributed by atoms with Crippen LogP contribution in [0, 0.1) is 5.92 Å². The van der Waals surface area contributed by atoms with E-state index in [4.69, 9.17) is 27.9 Å². The molecule has 7 heteroatoms. The van der Waals surface area contributed by atoms with Gasteiger partial charge in [-0.25, -0.2) is 0 Å². The van der Waals surface area contributed by atoms with E-state index in [1.165, 1.54) is 6.42 Å². The van der Waals surface area contributed by atoms with Crippen molar-refractivity contribution in [1.29, 1.82) is 0 Å². The number of halogens is 3. The zero-order chi connectivity index (χ0) is 16.7. The summed E-state index contributed by atoms with van der Waals surface area (Å²) in [7, 11) is 1.98. The maximum atomic E-state index is 12.2. The summed E-state index contributed by atoms with van der Waals surface area (Å²) in [4.78, 5) is 14.2. The molecule has 1 N–H and O–H groups in total. The summed E-state index contributed by atoms with van der Waals surface area (Å²) in [5, 5.41) is 4.04. The lowest BCUT2D eigenvalue weighted by molar-refractivity contribution is -0.133. The van der Waals surface area contributed by atoms with Gasteiger partial charge in [0.05, 0.1) is 18.1 Å². The van der Waals surface area contributed by atoms with Crippen molar-refractivity contribution in [2.24, 2.45) is 5.92 Å². The van der Waals surface area contributed by atoms with E-state index in [9.17, 15) is 4.79 Å². The van der Waals surface area contributed by atoms with Crippen LogP contribution in [0.25, 0.3) is 0 Å². The number of rotatable bonds is 7. The molecule has 2 rings (SSSR count). The number of benzene rings is 1. The van der Waals surface area contributed by atoms with Crippen molar-refractivity contribution in [2.75, 3.05) is 33.3 Å². The van der Waals surface area contributed by atoms with E-state index in [2.05, 4.69) is 5.32 Å². The van der Waals surface area contributed by atoms with Gasteiger partial charge in [0.2, 0.25) is 5.91 Å². The van der Waals surface area contributed by atoms with Gasteiger partial charge >= 0.3 is 0 Å². The predicted molar refractivity (Wildman–Crippen MR) is 102 cm³/mol. The zero-order valence-electron chi connectivity index (χ0n) is 13.9. The van der Waals surface area contributed by atoms with Crippen LogP contribution < -0.4 is 10.1 Å². The second-order valence-electron chi connectivity index (χ2n) is 5.87. The van der Waals surface area contributed by atoms with Crippen LogP contribution in [-0.4, -0.2) is 44.1 Å². The van der Waals surface area contributed by atoms with E-state index in [1.807, 2.05) is 11.9 Å². The molecule has 0 radical (unpaired) electrons. The van der Waals surface area contributed by atoms with E-state index in [0.29, 0.717) is 28.8 Å². The summed E-state index contributed by atoms with van der Waals surface area (Å²) in [5.74, 6) is 1.40. The number of carbonyl (C=O) groups excluding carboxylic acids is 1. The van der Waals surface area contributed by atoms with E-state index >= 15 is 0 Å². The molecule has 1 aliphatic heterocycles. The molecule has 1 fully saturated rings. The second kappa shape index (κ2) is 11.0. The van der Waals surface area contributed by atoms with Gasteiger partial charge in [-0.2, -0.15) is 0 Å². The average molecular weight is 396 g/mol. The molecule has 0 saturated carbocycles. The van der Waals surface area contributed by atoms with Crippen molar-refractivity contribution in [3.8, 4) is 5.75 Å². The van der Waals surface area contributed by atoms with Crippen LogP contribution in [0.5, 0.6) is 5.75 Å². The summed E-state index contributed by atoms with van der Waals surface area (Å²) in [6.07, 6.45) is 3.74. The Kier molecular flexibility index (Phi) is 9.82. The standard InChI is InChI=1S/C17H24Cl2N2O2.ClH/c1-20-9-5-13-6-10-21(11-7-13)16(22)8-12-23-15-4-2-3-14(18)17(15)19;/h2-4,13,20H,5-12H2,1H3;1H. The number of hydrogen-bond donors (Lipinski definition) is 1. The van der Waals surface area contributed by atoms with E-state index < -0.39 is 0 Å². The van der Waals surface area contributed by atoms with Gasteiger partial charge in [0.25, 0.3) is 0 Å².